The van der Waals surface area contributed by atoms with Gasteiger partial charge in [0.25, 0.3) is 0 Å². The van der Waals surface area contributed by atoms with E-state index in [1.807, 2.05) is 42.5 Å². The fourth-order valence-corrected chi connectivity index (χ4v) is 4.16. The minimum absolute atomic E-state index is 0.0302. The van der Waals surface area contributed by atoms with Crippen molar-refractivity contribution in [3.8, 4) is 0 Å². The molecule has 1 heterocycles. The molecule has 0 spiro atoms. The molecule has 3 aromatic carbocycles. The Bertz CT molecular complexity index is 1130. The van der Waals surface area contributed by atoms with E-state index in [0.717, 1.165) is 40.9 Å². The minimum atomic E-state index is -4.38. The maximum absolute atomic E-state index is 12.7. The van der Waals surface area contributed by atoms with Gasteiger partial charge in [0.05, 0.1) is 17.8 Å². The molecule has 0 saturated heterocycles. The summed E-state index contributed by atoms with van der Waals surface area (Å²) in [6.07, 6.45) is -4.38. The zero-order valence-corrected chi connectivity index (χ0v) is 18.8. The van der Waals surface area contributed by atoms with Crippen molar-refractivity contribution in [2.45, 2.75) is 17.0 Å². The summed E-state index contributed by atoms with van der Waals surface area (Å²) in [5.74, 6) is -0.0302. The first kappa shape index (κ1) is 22.7. The van der Waals surface area contributed by atoms with Crippen LogP contribution in [0.2, 0.25) is 5.02 Å². The molecule has 164 valence electrons. The zero-order chi connectivity index (χ0) is 22.7. The van der Waals surface area contributed by atoms with Crippen LogP contribution in [0.4, 0.5) is 13.2 Å². The third-order valence-corrected chi connectivity index (χ3v) is 6.26. The van der Waals surface area contributed by atoms with E-state index in [1.54, 1.807) is 17.1 Å². The largest absolute Gasteiger partial charge is 0.416 e. The number of amidine groups is 1. The van der Waals surface area contributed by atoms with Gasteiger partial charge in [0, 0.05) is 27.8 Å². The summed E-state index contributed by atoms with van der Waals surface area (Å²) in [5, 5.41) is 7.06. The predicted octanol–water partition coefficient (Wildman–Crippen LogP) is 7.46. The Morgan fingerprint density at radius 2 is 1.62 bits per heavy atom. The second-order valence-corrected chi connectivity index (χ2v) is 8.62. The fraction of sp³-hybridized carbons (Fsp3) is 0.130. The Labute approximate surface area is 197 Å². The second kappa shape index (κ2) is 9.57. The van der Waals surface area contributed by atoms with Gasteiger partial charge in [-0.2, -0.15) is 22.7 Å². The molecule has 32 heavy (non-hydrogen) atoms. The molecule has 0 aromatic heterocycles. The predicted molar refractivity (Wildman–Crippen MR) is 124 cm³/mol. The van der Waals surface area contributed by atoms with Gasteiger partial charge in [-0.1, -0.05) is 54.1 Å². The molecule has 0 N–H and O–H groups in total. The van der Waals surface area contributed by atoms with Crippen LogP contribution in [0.5, 0.6) is 0 Å². The van der Waals surface area contributed by atoms with Gasteiger partial charge in [0.15, 0.2) is 0 Å². The molecule has 0 saturated carbocycles. The summed E-state index contributed by atoms with van der Waals surface area (Å²) in [6, 6.07) is 22.1. The lowest BCUT2D eigenvalue weighted by molar-refractivity contribution is -0.137. The van der Waals surface area contributed by atoms with E-state index in [4.69, 9.17) is 23.2 Å². The van der Waals surface area contributed by atoms with Gasteiger partial charge < -0.3 is 0 Å². The van der Waals surface area contributed by atoms with Crippen LogP contribution in [-0.2, 0) is 6.18 Å². The molecule has 0 bridgehead atoms. The molecule has 1 aliphatic rings. The van der Waals surface area contributed by atoms with Gasteiger partial charge in [0.2, 0.25) is 5.29 Å². The first-order chi connectivity index (χ1) is 15.3. The van der Waals surface area contributed by atoms with E-state index in [9.17, 15) is 13.2 Å². The molecule has 9 heteroatoms. The van der Waals surface area contributed by atoms with Crippen molar-refractivity contribution in [2.75, 3.05) is 6.54 Å². The molecule has 0 fully saturated rings. The van der Waals surface area contributed by atoms with Gasteiger partial charge in [-0.15, -0.1) is 0 Å². The van der Waals surface area contributed by atoms with Gasteiger partial charge in [-0.3, -0.25) is 0 Å². The van der Waals surface area contributed by atoms with Crippen LogP contribution < -0.4 is 0 Å². The third kappa shape index (κ3) is 5.28. The second-order valence-electron chi connectivity index (χ2n) is 7.01. The highest BCUT2D eigenvalue weighted by Gasteiger charge is 2.31. The fourth-order valence-electron chi connectivity index (χ4n) is 3.29. The maximum atomic E-state index is 12.7. The van der Waals surface area contributed by atoms with Crippen molar-refractivity contribution in [1.29, 1.82) is 0 Å². The highest BCUT2D eigenvalue weighted by atomic mass is 35.5. The quantitative estimate of drug-likeness (QED) is 0.163. The van der Waals surface area contributed by atoms with E-state index in [0.29, 0.717) is 16.5 Å². The van der Waals surface area contributed by atoms with Crippen molar-refractivity contribution >= 4 is 46.2 Å². The number of rotatable bonds is 4. The van der Waals surface area contributed by atoms with Crippen molar-refractivity contribution < 1.29 is 13.2 Å². The molecule has 1 aliphatic heterocycles. The van der Waals surface area contributed by atoms with Crippen molar-refractivity contribution in [1.82, 2.24) is 5.01 Å². The number of alkyl halides is 3. The molecule has 3 nitrogen and oxygen atoms in total. The molecule has 4 rings (SSSR count). The summed E-state index contributed by atoms with van der Waals surface area (Å²) >= 11 is 13.4. The van der Waals surface area contributed by atoms with E-state index < -0.39 is 11.7 Å². The number of hydrazone groups is 1. The Morgan fingerprint density at radius 1 is 0.969 bits per heavy atom. The Kier molecular flexibility index (Phi) is 6.79. The van der Waals surface area contributed by atoms with E-state index in [-0.39, 0.29) is 11.2 Å². The number of nitrogens with zero attached hydrogens (tertiary/aromatic N) is 3. The zero-order valence-electron chi connectivity index (χ0n) is 16.4. The minimum Gasteiger partial charge on any atom is -0.236 e. The first-order valence-electron chi connectivity index (χ1n) is 9.56. The average molecular weight is 494 g/mol. The molecular formula is C23H16Cl2F3N3S. The van der Waals surface area contributed by atoms with Crippen LogP contribution in [0.25, 0.3) is 0 Å². The van der Waals surface area contributed by atoms with Gasteiger partial charge >= 0.3 is 6.18 Å². The topological polar surface area (TPSA) is 28.0 Å². The van der Waals surface area contributed by atoms with Crippen molar-refractivity contribution in [3.63, 3.8) is 0 Å². The SMILES string of the molecule is FC(F)(F)c1ccc(S/N=C(/Cl)N2CC(c3ccccc3)C(c3ccc(Cl)cc3)=N2)cc1. The van der Waals surface area contributed by atoms with Crippen LogP contribution in [0.15, 0.2) is 93.3 Å². The van der Waals surface area contributed by atoms with E-state index >= 15 is 0 Å². The van der Waals surface area contributed by atoms with Gasteiger partial charge in [-0.05, 0) is 59.1 Å². The maximum Gasteiger partial charge on any atom is 0.416 e. The van der Waals surface area contributed by atoms with Crippen molar-refractivity contribution in [3.05, 3.63) is 101 Å². The summed E-state index contributed by atoms with van der Waals surface area (Å²) in [7, 11) is 0. The lowest BCUT2D eigenvalue weighted by Crippen LogP contribution is -2.21. The summed E-state index contributed by atoms with van der Waals surface area (Å²) in [6.45, 7) is 0.484. The summed E-state index contributed by atoms with van der Waals surface area (Å²) in [4.78, 5) is 0.539. The standard InChI is InChI=1S/C23H16Cl2F3N3S/c24-18-10-6-16(7-11-18)21-20(15-4-2-1-3-5-15)14-31(29-21)22(25)30-32-19-12-8-17(9-13-19)23(26,27)28/h1-13,20H,14H2/b30-22-. The molecule has 3 aromatic rings. The highest BCUT2D eigenvalue weighted by Crippen LogP contribution is 2.33. The van der Waals surface area contributed by atoms with Gasteiger partial charge in [-0.25, -0.2) is 5.01 Å². The Balaban J connectivity index is 1.56. The highest BCUT2D eigenvalue weighted by molar-refractivity contribution is 7.98. The average Bonchev–Trinajstić information content (AvgIpc) is 3.24. The molecule has 0 radical (unpaired) electrons. The molecule has 0 amide bonds. The van der Waals surface area contributed by atoms with Crippen LogP contribution in [0.1, 0.15) is 22.6 Å². The summed E-state index contributed by atoms with van der Waals surface area (Å²) < 4.78 is 42.4. The van der Waals surface area contributed by atoms with Crippen molar-refractivity contribution in [2.24, 2.45) is 9.50 Å². The lowest BCUT2D eigenvalue weighted by Gasteiger charge is -2.15. The van der Waals surface area contributed by atoms with Crippen LogP contribution >= 0.6 is 35.1 Å². The molecular weight excluding hydrogens is 478 g/mol. The lowest BCUT2D eigenvalue weighted by atomic mass is 9.91. The van der Waals surface area contributed by atoms with Gasteiger partial charge in [0.1, 0.15) is 0 Å². The normalized spacial score (nSPS) is 16.9. The Morgan fingerprint density at radius 3 is 2.25 bits per heavy atom. The Hall–Kier alpha value is -2.48. The number of hydrogen-bond donors (Lipinski definition) is 0. The van der Waals surface area contributed by atoms with Crippen LogP contribution in [0, 0.1) is 0 Å². The van der Waals surface area contributed by atoms with Crippen LogP contribution in [0.3, 0.4) is 0 Å². The monoisotopic (exact) mass is 493 g/mol. The molecule has 0 aliphatic carbocycles. The smallest absolute Gasteiger partial charge is 0.236 e. The first-order valence-corrected chi connectivity index (χ1v) is 11.1. The number of hydrogen-bond acceptors (Lipinski definition) is 3. The molecule has 1 unspecified atom stereocenters. The third-order valence-electron chi connectivity index (χ3n) is 4.88. The van der Waals surface area contributed by atoms with E-state index in [1.165, 1.54) is 12.1 Å². The number of halogens is 5. The van der Waals surface area contributed by atoms with Crippen LogP contribution in [-0.4, -0.2) is 22.6 Å². The number of benzene rings is 3. The summed E-state index contributed by atoms with van der Waals surface area (Å²) in [5.41, 5.74) is 2.13. The molecule has 1 atom stereocenters. The van der Waals surface area contributed by atoms with E-state index in [2.05, 4.69) is 9.50 Å².